The molecule has 120 valence electrons. The fraction of sp³-hybridized carbons (Fsp3) is 0.235. The van der Waals surface area contributed by atoms with E-state index in [-0.39, 0.29) is 17.1 Å². The molecule has 2 rings (SSSR count). The van der Waals surface area contributed by atoms with Crippen LogP contribution >= 0.6 is 0 Å². The van der Waals surface area contributed by atoms with Crippen molar-refractivity contribution in [3.05, 3.63) is 47.0 Å². The highest BCUT2D eigenvalue weighted by atomic mass is 16.5. The smallest absolute Gasteiger partial charge is 0.342 e. The number of azo groups is 1. The lowest BCUT2D eigenvalue weighted by Gasteiger charge is -2.15. The molecule has 0 aromatic heterocycles. The summed E-state index contributed by atoms with van der Waals surface area (Å²) in [6, 6.07) is 9.21. The molecule has 2 aromatic rings. The number of carbonyl (C=O) groups excluding carboxylic acids is 1. The van der Waals surface area contributed by atoms with Gasteiger partial charge in [-0.3, -0.25) is 0 Å². The van der Waals surface area contributed by atoms with E-state index in [4.69, 9.17) is 9.47 Å². The van der Waals surface area contributed by atoms with Gasteiger partial charge in [0.25, 0.3) is 0 Å². The average molecular weight is 314 g/mol. The van der Waals surface area contributed by atoms with E-state index in [1.54, 1.807) is 13.8 Å². The van der Waals surface area contributed by atoms with Crippen LogP contribution in [0.15, 0.2) is 40.6 Å². The first-order valence-electron chi connectivity index (χ1n) is 6.96. The molecular weight excluding hydrogens is 296 g/mol. The lowest BCUT2D eigenvalue weighted by atomic mass is 10.00. The number of phenols is 1. The van der Waals surface area contributed by atoms with Crippen LogP contribution in [0.1, 0.15) is 21.5 Å². The average Bonchev–Trinajstić information content (AvgIpc) is 2.55. The SMILES string of the molecule is COC(=O)c1c(C)c(N=Nc2ccccc2)c(C)c(OC)c1O. The predicted molar refractivity (Wildman–Crippen MR) is 86.1 cm³/mol. The van der Waals surface area contributed by atoms with Crippen LogP contribution in [0.2, 0.25) is 0 Å². The van der Waals surface area contributed by atoms with Crippen molar-refractivity contribution in [1.29, 1.82) is 0 Å². The number of methoxy groups -OCH3 is 2. The molecule has 0 saturated heterocycles. The fourth-order valence-corrected chi connectivity index (χ4v) is 2.33. The maximum atomic E-state index is 12.0. The molecule has 1 N–H and O–H groups in total. The van der Waals surface area contributed by atoms with Crippen LogP contribution in [-0.2, 0) is 4.74 Å². The summed E-state index contributed by atoms with van der Waals surface area (Å²) in [7, 11) is 2.66. The van der Waals surface area contributed by atoms with Gasteiger partial charge < -0.3 is 14.6 Å². The van der Waals surface area contributed by atoms with Crippen molar-refractivity contribution in [2.45, 2.75) is 13.8 Å². The number of ether oxygens (including phenoxy) is 2. The second-order valence-electron chi connectivity index (χ2n) is 4.88. The van der Waals surface area contributed by atoms with Gasteiger partial charge in [0.1, 0.15) is 5.56 Å². The van der Waals surface area contributed by atoms with E-state index in [2.05, 4.69) is 10.2 Å². The van der Waals surface area contributed by atoms with E-state index in [0.717, 1.165) is 0 Å². The maximum Gasteiger partial charge on any atom is 0.342 e. The molecule has 0 aliphatic heterocycles. The summed E-state index contributed by atoms with van der Waals surface area (Å²) in [6.07, 6.45) is 0. The first-order chi connectivity index (χ1) is 11.0. The summed E-state index contributed by atoms with van der Waals surface area (Å²) < 4.78 is 9.93. The Kier molecular flexibility index (Phi) is 4.95. The molecule has 0 radical (unpaired) electrons. The quantitative estimate of drug-likeness (QED) is 0.676. The fourth-order valence-electron chi connectivity index (χ4n) is 2.33. The maximum absolute atomic E-state index is 12.0. The van der Waals surface area contributed by atoms with Crippen molar-refractivity contribution in [2.75, 3.05) is 14.2 Å². The largest absolute Gasteiger partial charge is 0.504 e. The normalized spacial score (nSPS) is 10.8. The molecule has 0 spiro atoms. The number of esters is 1. The van der Waals surface area contributed by atoms with E-state index in [1.165, 1.54) is 14.2 Å². The molecule has 0 aliphatic carbocycles. The van der Waals surface area contributed by atoms with Crippen molar-refractivity contribution in [1.82, 2.24) is 0 Å². The van der Waals surface area contributed by atoms with Crippen LogP contribution < -0.4 is 4.74 Å². The third-order valence-corrected chi connectivity index (χ3v) is 3.49. The number of rotatable bonds is 4. The number of aromatic hydroxyl groups is 1. The van der Waals surface area contributed by atoms with Gasteiger partial charge in [-0.05, 0) is 31.5 Å². The zero-order chi connectivity index (χ0) is 17.0. The van der Waals surface area contributed by atoms with Gasteiger partial charge in [0.05, 0.1) is 25.6 Å². The minimum absolute atomic E-state index is 0.0250. The summed E-state index contributed by atoms with van der Waals surface area (Å²) >= 11 is 0. The number of hydrogen-bond donors (Lipinski definition) is 1. The van der Waals surface area contributed by atoms with Crippen LogP contribution in [0.25, 0.3) is 0 Å². The van der Waals surface area contributed by atoms with E-state index >= 15 is 0 Å². The number of benzene rings is 2. The molecule has 0 saturated carbocycles. The summed E-state index contributed by atoms with van der Waals surface area (Å²) in [4.78, 5) is 12.0. The molecule has 23 heavy (non-hydrogen) atoms. The Labute approximate surface area is 134 Å². The molecule has 0 atom stereocenters. The minimum Gasteiger partial charge on any atom is -0.504 e. The summed E-state index contributed by atoms with van der Waals surface area (Å²) in [5.74, 6) is -0.736. The molecule has 0 amide bonds. The Bertz CT molecular complexity index is 755. The summed E-state index contributed by atoms with van der Waals surface area (Å²) in [6.45, 7) is 3.42. The lowest BCUT2D eigenvalue weighted by Crippen LogP contribution is -2.06. The summed E-state index contributed by atoms with van der Waals surface area (Å²) in [5.41, 5.74) is 2.24. The molecule has 0 unspecified atom stereocenters. The van der Waals surface area contributed by atoms with Crippen molar-refractivity contribution in [3.8, 4) is 11.5 Å². The standard InChI is InChI=1S/C17H18N2O4/c1-10-13(17(21)23-4)15(20)16(22-3)11(2)14(10)19-18-12-8-6-5-7-9-12/h5-9,20H,1-4H3. The monoisotopic (exact) mass is 314 g/mol. The summed E-state index contributed by atoms with van der Waals surface area (Å²) in [5, 5.41) is 18.7. The van der Waals surface area contributed by atoms with Crippen molar-refractivity contribution in [2.24, 2.45) is 10.2 Å². The van der Waals surface area contributed by atoms with Crippen molar-refractivity contribution < 1.29 is 19.4 Å². The van der Waals surface area contributed by atoms with E-state index in [0.29, 0.717) is 22.5 Å². The third kappa shape index (κ3) is 3.15. The molecule has 0 aliphatic rings. The topological polar surface area (TPSA) is 80.5 Å². The van der Waals surface area contributed by atoms with Crippen LogP contribution in [0, 0.1) is 13.8 Å². The van der Waals surface area contributed by atoms with Crippen LogP contribution in [0.3, 0.4) is 0 Å². The van der Waals surface area contributed by atoms with Gasteiger partial charge in [-0.15, -0.1) is 5.11 Å². The zero-order valence-corrected chi connectivity index (χ0v) is 13.5. The second kappa shape index (κ2) is 6.91. The molecule has 2 aromatic carbocycles. The highest BCUT2D eigenvalue weighted by molar-refractivity contribution is 5.97. The van der Waals surface area contributed by atoms with Gasteiger partial charge in [-0.25, -0.2) is 4.79 Å². The van der Waals surface area contributed by atoms with Gasteiger partial charge in [0, 0.05) is 5.56 Å². The van der Waals surface area contributed by atoms with E-state index in [9.17, 15) is 9.90 Å². The first-order valence-corrected chi connectivity index (χ1v) is 6.96. The molecule has 0 fully saturated rings. The van der Waals surface area contributed by atoms with Gasteiger partial charge in [-0.1, -0.05) is 18.2 Å². The lowest BCUT2D eigenvalue weighted by molar-refractivity contribution is 0.0596. The molecule has 6 nitrogen and oxygen atoms in total. The van der Waals surface area contributed by atoms with Gasteiger partial charge in [0.15, 0.2) is 11.5 Å². The Balaban J connectivity index is 2.63. The van der Waals surface area contributed by atoms with E-state index < -0.39 is 5.97 Å². The van der Waals surface area contributed by atoms with E-state index in [1.807, 2.05) is 30.3 Å². The Hall–Kier alpha value is -2.89. The first kappa shape index (κ1) is 16.5. The number of nitrogens with zero attached hydrogens (tertiary/aromatic N) is 2. The van der Waals surface area contributed by atoms with Gasteiger partial charge in [0.2, 0.25) is 0 Å². The second-order valence-corrected chi connectivity index (χ2v) is 4.88. The van der Waals surface area contributed by atoms with Crippen molar-refractivity contribution >= 4 is 17.3 Å². The van der Waals surface area contributed by atoms with Gasteiger partial charge >= 0.3 is 5.97 Å². The molecule has 0 bridgehead atoms. The highest BCUT2D eigenvalue weighted by Gasteiger charge is 2.25. The number of carbonyl (C=O) groups is 1. The molecular formula is C17H18N2O4. The third-order valence-electron chi connectivity index (χ3n) is 3.49. The van der Waals surface area contributed by atoms with Gasteiger partial charge in [-0.2, -0.15) is 5.11 Å². The van der Waals surface area contributed by atoms with Crippen LogP contribution in [0.4, 0.5) is 11.4 Å². The van der Waals surface area contributed by atoms with Crippen LogP contribution in [0.5, 0.6) is 11.5 Å². The number of hydrogen-bond acceptors (Lipinski definition) is 6. The number of phenolic OH excluding ortho intramolecular Hbond substituents is 1. The molecule has 0 heterocycles. The Morgan fingerprint density at radius 2 is 1.70 bits per heavy atom. The highest BCUT2D eigenvalue weighted by Crippen LogP contribution is 2.43. The minimum atomic E-state index is -0.658. The predicted octanol–water partition coefficient (Wildman–Crippen LogP) is 4.22. The Morgan fingerprint density at radius 3 is 2.26 bits per heavy atom. The van der Waals surface area contributed by atoms with Crippen LogP contribution in [-0.4, -0.2) is 25.3 Å². The molecule has 6 heteroatoms. The zero-order valence-electron chi connectivity index (χ0n) is 13.5. The van der Waals surface area contributed by atoms with Crippen molar-refractivity contribution in [3.63, 3.8) is 0 Å². The Morgan fingerprint density at radius 1 is 1.04 bits per heavy atom.